The largest absolute Gasteiger partial charge is 0.349 e. The van der Waals surface area contributed by atoms with Crippen LogP contribution in [0.5, 0.6) is 0 Å². The van der Waals surface area contributed by atoms with Crippen molar-refractivity contribution in [2.45, 2.75) is 25.8 Å². The number of aryl methyl sites for hydroxylation is 1. The summed E-state index contributed by atoms with van der Waals surface area (Å²) < 4.78 is 0. The molecule has 1 aromatic carbocycles. The van der Waals surface area contributed by atoms with Gasteiger partial charge in [-0.25, -0.2) is 0 Å². The molecular formula is C13H13NO. The van der Waals surface area contributed by atoms with Crippen molar-refractivity contribution >= 4 is 5.91 Å². The van der Waals surface area contributed by atoms with Gasteiger partial charge in [0.25, 0.3) is 5.91 Å². The molecule has 2 rings (SSSR count). The first-order valence-corrected chi connectivity index (χ1v) is 5.09. The van der Waals surface area contributed by atoms with Crippen molar-refractivity contribution in [3.05, 3.63) is 34.9 Å². The summed E-state index contributed by atoms with van der Waals surface area (Å²) in [7, 11) is 0. The number of terminal acetylenes is 1. The van der Waals surface area contributed by atoms with Gasteiger partial charge in [-0.3, -0.25) is 4.79 Å². The van der Waals surface area contributed by atoms with Gasteiger partial charge in [0.1, 0.15) is 0 Å². The van der Waals surface area contributed by atoms with Crippen LogP contribution in [0.2, 0.25) is 0 Å². The molecule has 0 spiro atoms. The Balaban J connectivity index is 2.25. The van der Waals surface area contributed by atoms with E-state index in [0.29, 0.717) is 11.6 Å². The van der Waals surface area contributed by atoms with Crippen LogP contribution in [0.15, 0.2) is 18.2 Å². The van der Waals surface area contributed by atoms with Crippen LogP contribution in [0.1, 0.15) is 34.3 Å². The minimum absolute atomic E-state index is 0.00731. The van der Waals surface area contributed by atoms with Crippen LogP contribution in [0, 0.1) is 19.3 Å². The van der Waals surface area contributed by atoms with E-state index in [1.807, 2.05) is 19.1 Å². The lowest BCUT2D eigenvalue weighted by Gasteiger charge is -2.06. The maximum Gasteiger partial charge on any atom is 0.251 e. The van der Waals surface area contributed by atoms with Crippen LogP contribution >= 0.6 is 0 Å². The third kappa shape index (κ3) is 2.19. The average molecular weight is 199 g/mol. The Morgan fingerprint density at radius 1 is 1.53 bits per heavy atom. The molecule has 0 aromatic heterocycles. The zero-order valence-corrected chi connectivity index (χ0v) is 8.71. The Morgan fingerprint density at radius 3 is 2.87 bits per heavy atom. The molecule has 1 aliphatic carbocycles. The van der Waals surface area contributed by atoms with E-state index in [-0.39, 0.29) is 5.91 Å². The van der Waals surface area contributed by atoms with Crippen LogP contribution < -0.4 is 5.32 Å². The quantitative estimate of drug-likeness (QED) is 0.724. The summed E-state index contributed by atoms with van der Waals surface area (Å²) in [6, 6.07) is 5.89. The van der Waals surface area contributed by atoms with Gasteiger partial charge in [-0.1, -0.05) is 12.0 Å². The molecule has 1 aromatic rings. The van der Waals surface area contributed by atoms with Gasteiger partial charge in [-0.2, -0.15) is 0 Å². The van der Waals surface area contributed by atoms with Gasteiger partial charge in [0.2, 0.25) is 0 Å². The van der Waals surface area contributed by atoms with Crippen LogP contribution in [-0.2, 0) is 0 Å². The highest BCUT2D eigenvalue weighted by Gasteiger charge is 2.24. The number of carbonyl (C=O) groups excluding carboxylic acids is 1. The van der Waals surface area contributed by atoms with Gasteiger partial charge in [-0.05, 0) is 37.5 Å². The normalized spacial score (nSPS) is 14.4. The average Bonchev–Trinajstić information content (AvgIpc) is 3.02. The van der Waals surface area contributed by atoms with Crippen molar-refractivity contribution in [2.24, 2.45) is 0 Å². The fourth-order valence-electron chi connectivity index (χ4n) is 1.45. The molecule has 15 heavy (non-hydrogen) atoms. The Kier molecular flexibility index (Phi) is 2.47. The first-order valence-electron chi connectivity index (χ1n) is 5.09. The molecule has 1 aliphatic rings. The van der Waals surface area contributed by atoms with E-state index in [1.54, 1.807) is 6.07 Å². The number of nitrogens with one attached hydrogen (secondary N) is 1. The Labute approximate surface area is 89.7 Å². The minimum atomic E-state index is -0.00731. The maximum atomic E-state index is 11.8. The molecule has 76 valence electrons. The van der Waals surface area contributed by atoms with E-state index in [2.05, 4.69) is 11.2 Å². The van der Waals surface area contributed by atoms with Gasteiger partial charge in [-0.15, -0.1) is 6.42 Å². The van der Waals surface area contributed by atoms with Crippen molar-refractivity contribution in [1.29, 1.82) is 0 Å². The molecule has 2 nitrogen and oxygen atoms in total. The molecule has 0 unspecified atom stereocenters. The number of hydrogen-bond acceptors (Lipinski definition) is 1. The zero-order valence-electron chi connectivity index (χ0n) is 8.71. The van der Waals surface area contributed by atoms with Gasteiger partial charge >= 0.3 is 0 Å². The zero-order chi connectivity index (χ0) is 10.8. The van der Waals surface area contributed by atoms with Crippen LogP contribution in [0.25, 0.3) is 0 Å². The van der Waals surface area contributed by atoms with Crippen molar-refractivity contribution in [3.63, 3.8) is 0 Å². The Bertz CT molecular complexity index is 438. The standard InChI is InChI=1S/C13H13NO/c1-3-10-5-4-9(2)12(8-10)13(15)14-11-6-7-11/h1,4-5,8,11H,6-7H2,2H3,(H,14,15). The second kappa shape index (κ2) is 3.78. The van der Waals surface area contributed by atoms with Crippen molar-refractivity contribution in [1.82, 2.24) is 5.32 Å². The predicted molar refractivity (Wildman–Crippen MR) is 59.6 cm³/mol. The SMILES string of the molecule is C#Cc1ccc(C)c(C(=O)NC2CC2)c1. The molecule has 0 bridgehead atoms. The van der Waals surface area contributed by atoms with Crippen LogP contribution in [0.4, 0.5) is 0 Å². The van der Waals surface area contributed by atoms with Gasteiger partial charge in [0, 0.05) is 17.2 Å². The fraction of sp³-hybridized carbons (Fsp3) is 0.308. The van der Waals surface area contributed by atoms with Crippen LogP contribution in [-0.4, -0.2) is 11.9 Å². The summed E-state index contributed by atoms with van der Waals surface area (Å²) in [5, 5.41) is 2.95. The molecule has 2 heteroatoms. The summed E-state index contributed by atoms with van der Waals surface area (Å²) in [6.45, 7) is 1.92. The topological polar surface area (TPSA) is 29.1 Å². The summed E-state index contributed by atoms with van der Waals surface area (Å²) >= 11 is 0. The molecule has 1 fully saturated rings. The maximum absolute atomic E-state index is 11.8. The lowest BCUT2D eigenvalue weighted by molar-refractivity contribution is 0.0950. The van der Waals surface area contributed by atoms with Crippen molar-refractivity contribution < 1.29 is 4.79 Å². The lowest BCUT2D eigenvalue weighted by Crippen LogP contribution is -2.26. The summed E-state index contributed by atoms with van der Waals surface area (Å²) in [6.07, 6.45) is 7.49. The van der Waals surface area contributed by atoms with E-state index in [9.17, 15) is 4.79 Å². The van der Waals surface area contributed by atoms with E-state index in [0.717, 1.165) is 24.0 Å². The number of benzene rings is 1. The van der Waals surface area contributed by atoms with E-state index >= 15 is 0 Å². The summed E-state index contributed by atoms with van der Waals surface area (Å²) in [5.74, 6) is 2.53. The Morgan fingerprint density at radius 2 is 2.27 bits per heavy atom. The van der Waals surface area contributed by atoms with E-state index in [4.69, 9.17) is 6.42 Å². The van der Waals surface area contributed by atoms with Crippen LogP contribution in [0.3, 0.4) is 0 Å². The first-order chi connectivity index (χ1) is 7.20. The second-order valence-electron chi connectivity index (χ2n) is 3.92. The summed E-state index contributed by atoms with van der Waals surface area (Å²) in [5.41, 5.74) is 2.41. The number of carbonyl (C=O) groups is 1. The smallest absolute Gasteiger partial charge is 0.251 e. The number of hydrogen-bond donors (Lipinski definition) is 1. The molecular weight excluding hydrogens is 186 g/mol. The highest BCUT2D eigenvalue weighted by Crippen LogP contribution is 2.20. The van der Waals surface area contributed by atoms with Gasteiger partial charge < -0.3 is 5.32 Å². The molecule has 1 saturated carbocycles. The van der Waals surface area contributed by atoms with Crippen molar-refractivity contribution in [2.75, 3.05) is 0 Å². The Hall–Kier alpha value is -1.75. The molecule has 0 aliphatic heterocycles. The number of amides is 1. The lowest BCUT2D eigenvalue weighted by atomic mass is 10.0. The minimum Gasteiger partial charge on any atom is -0.349 e. The first kappa shape index (κ1) is 9.79. The highest BCUT2D eigenvalue weighted by atomic mass is 16.1. The highest BCUT2D eigenvalue weighted by molar-refractivity contribution is 5.96. The van der Waals surface area contributed by atoms with Gasteiger partial charge in [0.05, 0.1) is 0 Å². The van der Waals surface area contributed by atoms with E-state index in [1.165, 1.54) is 0 Å². The van der Waals surface area contributed by atoms with Crippen molar-refractivity contribution in [3.8, 4) is 12.3 Å². The molecule has 0 atom stereocenters. The monoisotopic (exact) mass is 199 g/mol. The number of rotatable bonds is 2. The summed E-state index contributed by atoms with van der Waals surface area (Å²) in [4.78, 5) is 11.8. The third-order valence-electron chi connectivity index (χ3n) is 2.56. The second-order valence-corrected chi connectivity index (χ2v) is 3.92. The molecule has 0 radical (unpaired) electrons. The molecule has 0 saturated heterocycles. The molecule has 1 N–H and O–H groups in total. The van der Waals surface area contributed by atoms with E-state index < -0.39 is 0 Å². The third-order valence-corrected chi connectivity index (χ3v) is 2.56. The molecule has 1 amide bonds. The fourth-order valence-corrected chi connectivity index (χ4v) is 1.45. The van der Waals surface area contributed by atoms with Gasteiger partial charge in [0.15, 0.2) is 0 Å². The predicted octanol–water partition coefficient (Wildman–Crippen LogP) is 1.87. The molecule has 0 heterocycles.